The molecule has 5 heteroatoms. The molecule has 0 spiro atoms. The number of aromatic nitrogens is 5. The molecule has 0 radical (unpaired) electrons. The highest BCUT2D eigenvalue weighted by Gasteiger charge is 2.23. The third-order valence-corrected chi connectivity index (χ3v) is 10.8. The van der Waals surface area contributed by atoms with Crippen molar-refractivity contribution in [2.45, 2.75) is 0 Å². The minimum Gasteiger partial charge on any atom is -0.309 e. The number of hydrogen-bond acceptors (Lipinski definition) is 3. The first-order chi connectivity index (χ1) is 27.8. The van der Waals surface area contributed by atoms with Crippen LogP contribution in [0.15, 0.2) is 200 Å². The fourth-order valence-corrected chi connectivity index (χ4v) is 8.29. The molecule has 3 aromatic heterocycles. The minimum atomic E-state index is 0.631. The Morgan fingerprint density at radius 2 is 0.768 bits per heavy atom. The van der Waals surface area contributed by atoms with Crippen LogP contribution in [-0.2, 0) is 0 Å². The van der Waals surface area contributed by atoms with Crippen molar-refractivity contribution < 1.29 is 0 Å². The zero-order chi connectivity index (χ0) is 37.0. The van der Waals surface area contributed by atoms with Gasteiger partial charge < -0.3 is 9.13 Å². The minimum absolute atomic E-state index is 0.631. The molecular formula is C51H33N5. The van der Waals surface area contributed by atoms with E-state index in [1.54, 1.807) is 0 Å². The summed E-state index contributed by atoms with van der Waals surface area (Å²) in [6.07, 6.45) is 0. The first kappa shape index (κ1) is 31.9. The van der Waals surface area contributed by atoms with Crippen LogP contribution in [0.25, 0.3) is 100 Å². The summed E-state index contributed by atoms with van der Waals surface area (Å²) < 4.78 is 4.84. The normalized spacial score (nSPS) is 11.6. The SMILES string of the molecule is c1ccc(-c2nc(-c3ccccc3)nc(-c3ccc(-n4c5cccc(-c6ccccc6)c5c5ccc6c(c7ccccc7n6-c6ccccc6)c54)cc3)n2)cc1. The Balaban J connectivity index is 1.17. The fraction of sp³-hybridized carbons (Fsp3) is 0. The molecule has 11 aromatic rings. The van der Waals surface area contributed by atoms with Gasteiger partial charge in [0.05, 0.1) is 22.1 Å². The van der Waals surface area contributed by atoms with Crippen molar-refractivity contribution in [2.24, 2.45) is 0 Å². The molecular weight excluding hydrogens is 683 g/mol. The summed E-state index contributed by atoms with van der Waals surface area (Å²) in [5.41, 5.74) is 12.1. The van der Waals surface area contributed by atoms with Crippen LogP contribution in [0.2, 0.25) is 0 Å². The molecule has 0 bridgehead atoms. The summed E-state index contributed by atoms with van der Waals surface area (Å²) in [5, 5.41) is 4.88. The van der Waals surface area contributed by atoms with Crippen molar-refractivity contribution >= 4 is 43.6 Å². The van der Waals surface area contributed by atoms with Gasteiger partial charge in [0.25, 0.3) is 0 Å². The zero-order valence-electron chi connectivity index (χ0n) is 30.3. The zero-order valence-corrected chi connectivity index (χ0v) is 30.3. The second-order valence-electron chi connectivity index (χ2n) is 14.0. The van der Waals surface area contributed by atoms with Crippen molar-refractivity contribution in [3.8, 4) is 56.7 Å². The van der Waals surface area contributed by atoms with Crippen molar-refractivity contribution in [3.05, 3.63) is 200 Å². The number of hydrogen-bond donors (Lipinski definition) is 0. The van der Waals surface area contributed by atoms with Gasteiger partial charge in [-0.1, -0.05) is 146 Å². The summed E-state index contributed by atoms with van der Waals surface area (Å²) in [7, 11) is 0. The van der Waals surface area contributed by atoms with E-state index in [0.29, 0.717) is 17.5 Å². The summed E-state index contributed by atoms with van der Waals surface area (Å²) >= 11 is 0. The molecule has 0 atom stereocenters. The second-order valence-corrected chi connectivity index (χ2v) is 14.0. The van der Waals surface area contributed by atoms with Gasteiger partial charge in [-0.25, -0.2) is 15.0 Å². The van der Waals surface area contributed by atoms with E-state index in [1.807, 2.05) is 60.7 Å². The lowest BCUT2D eigenvalue weighted by Gasteiger charge is -2.12. The lowest BCUT2D eigenvalue weighted by molar-refractivity contribution is 1.07. The predicted octanol–water partition coefficient (Wildman–Crippen LogP) is 12.7. The van der Waals surface area contributed by atoms with Gasteiger partial charge in [0, 0.05) is 49.6 Å². The highest BCUT2D eigenvalue weighted by Crippen LogP contribution is 2.44. The third kappa shape index (κ3) is 5.13. The van der Waals surface area contributed by atoms with Gasteiger partial charge in [0.15, 0.2) is 17.5 Å². The number of nitrogens with zero attached hydrogens (tertiary/aromatic N) is 5. The van der Waals surface area contributed by atoms with Gasteiger partial charge in [-0.3, -0.25) is 0 Å². The number of para-hydroxylation sites is 2. The van der Waals surface area contributed by atoms with Crippen LogP contribution >= 0.6 is 0 Å². The quantitative estimate of drug-likeness (QED) is 0.172. The molecule has 0 fully saturated rings. The summed E-state index contributed by atoms with van der Waals surface area (Å²) in [6, 6.07) is 70.4. The molecule has 0 aliphatic rings. The predicted molar refractivity (Wildman–Crippen MR) is 230 cm³/mol. The highest BCUT2D eigenvalue weighted by atomic mass is 15.0. The van der Waals surface area contributed by atoms with Crippen LogP contribution in [0.1, 0.15) is 0 Å². The van der Waals surface area contributed by atoms with Crippen LogP contribution in [-0.4, -0.2) is 24.1 Å². The Morgan fingerprint density at radius 3 is 1.39 bits per heavy atom. The van der Waals surface area contributed by atoms with E-state index < -0.39 is 0 Å². The average Bonchev–Trinajstić information content (AvgIpc) is 3.81. The number of benzene rings is 8. The Kier molecular flexibility index (Phi) is 7.42. The first-order valence-corrected chi connectivity index (χ1v) is 18.9. The van der Waals surface area contributed by atoms with Gasteiger partial charge >= 0.3 is 0 Å². The monoisotopic (exact) mass is 715 g/mol. The number of fused-ring (bicyclic) bond motifs is 7. The third-order valence-electron chi connectivity index (χ3n) is 10.8. The van der Waals surface area contributed by atoms with E-state index in [4.69, 9.17) is 15.0 Å². The molecule has 11 rings (SSSR count). The molecule has 0 amide bonds. The summed E-state index contributed by atoms with van der Waals surface area (Å²) in [5.74, 6) is 1.92. The molecule has 56 heavy (non-hydrogen) atoms. The Labute approximate surface area is 323 Å². The van der Waals surface area contributed by atoms with Crippen molar-refractivity contribution in [3.63, 3.8) is 0 Å². The van der Waals surface area contributed by atoms with E-state index in [2.05, 4.69) is 149 Å². The Bertz CT molecular complexity index is 3150. The van der Waals surface area contributed by atoms with E-state index in [9.17, 15) is 0 Å². The maximum atomic E-state index is 5.01. The topological polar surface area (TPSA) is 48.5 Å². The maximum absolute atomic E-state index is 5.01. The molecule has 262 valence electrons. The molecule has 0 N–H and O–H groups in total. The molecule has 0 unspecified atom stereocenters. The largest absolute Gasteiger partial charge is 0.309 e. The van der Waals surface area contributed by atoms with E-state index in [1.165, 1.54) is 49.2 Å². The molecule has 3 heterocycles. The summed E-state index contributed by atoms with van der Waals surface area (Å²) in [4.78, 5) is 14.9. The second kappa shape index (κ2) is 13.0. The van der Waals surface area contributed by atoms with Gasteiger partial charge in [-0.15, -0.1) is 0 Å². The molecule has 0 saturated carbocycles. The molecule has 0 aliphatic heterocycles. The molecule has 0 aliphatic carbocycles. The lowest BCUT2D eigenvalue weighted by Crippen LogP contribution is -2.00. The smallest absolute Gasteiger partial charge is 0.164 e. The van der Waals surface area contributed by atoms with E-state index >= 15 is 0 Å². The highest BCUT2D eigenvalue weighted by molar-refractivity contribution is 6.28. The summed E-state index contributed by atoms with van der Waals surface area (Å²) in [6.45, 7) is 0. The van der Waals surface area contributed by atoms with E-state index in [0.717, 1.165) is 33.6 Å². The Morgan fingerprint density at radius 1 is 0.286 bits per heavy atom. The van der Waals surface area contributed by atoms with E-state index in [-0.39, 0.29) is 0 Å². The standard InChI is InChI=1S/C51H33N5/c1-5-16-34(17-6-1)40-25-15-27-44-46(40)42-32-33-45-47(41-24-13-14-26-43(41)55(45)38-22-11-4-12-23-38)48(42)56(44)39-30-28-37(29-31-39)51-53-49(35-18-7-2-8-19-35)52-50(54-51)36-20-9-3-10-21-36/h1-33H. The molecule has 8 aromatic carbocycles. The van der Waals surface area contributed by atoms with Crippen LogP contribution < -0.4 is 0 Å². The van der Waals surface area contributed by atoms with Gasteiger partial charge in [0.1, 0.15) is 0 Å². The Hall–Kier alpha value is -7.63. The van der Waals surface area contributed by atoms with Crippen LogP contribution in [0.5, 0.6) is 0 Å². The average molecular weight is 716 g/mol. The van der Waals surface area contributed by atoms with Gasteiger partial charge in [0.2, 0.25) is 0 Å². The van der Waals surface area contributed by atoms with Crippen LogP contribution in [0.4, 0.5) is 0 Å². The van der Waals surface area contributed by atoms with Crippen molar-refractivity contribution in [1.82, 2.24) is 24.1 Å². The number of rotatable bonds is 6. The van der Waals surface area contributed by atoms with Crippen LogP contribution in [0, 0.1) is 0 Å². The van der Waals surface area contributed by atoms with Gasteiger partial charge in [-0.05, 0) is 65.7 Å². The maximum Gasteiger partial charge on any atom is 0.164 e. The van der Waals surface area contributed by atoms with Crippen LogP contribution in [0.3, 0.4) is 0 Å². The van der Waals surface area contributed by atoms with Crippen molar-refractivity contribution in [2.75, 3.05) is 0 Å². The van der Waals surface area contributed by atoms with Crippen molar-refractivity contribution in [1.29, 1.82) is 0 Å². The first-order valence-electron chi connectivity index (χ1n) is 18.9. The lowest BCUT2D eigenvalue weighted by atomic mass is 9.99. The fourth-order valence-electron chi connectivity index (χ4n) is 8.29. The van der Waals surface area contributed by atoms with Gasteiger partial charge in [-0.2, -0.15) is 0 Å². The molecule has 5 nitrogen and oxygen atoms in total. The molecule has 0 saturated heterocycles.